The number of nitrogens with one attached hydrogen (secondary N) is 1. The highest BCUT2D eigenvalue weighted by atomic mass is 32.2. The normalized spacial score (nSPS) is 13.9. The second-order valence-corrected chi connectivity index (χ2v) is 7.30. The highest BCUT2D eigenvalue weighted by molar-refractivity contribution is 7.88. The number of hydrogen-bond acceptors (Lipinski definition) is 5. The molecule has 1 N–H and O–H groups in total. The summed E-state index contributed by atoms with van der Waals surface area (Å²) in [5.74, 6) is 1.00. The number of carbonyl (C=O) groups is 1. The molecule has 0 aromatic heterocycles. The van der Waals surface area contributed by atoms with E-state index in [9.17, 15) is 13.2 Å². The predicted molar refractivity (Wildman–Crippen MR) is 87.4 cm³/mol. The average molecular weight is 342 g/mol. The van der Waals surface area contributed by atoms with Crippen LogP contribution in [0.2, 0.25) is 0 Å². The Morgan fingerprint density at radius 1 is 1.22 bits per heavy atom. The van der Waals surface area contributed by atoms with Crippen LogP contribution in [-0.4, -0.2) is 51.2 Å². The van der Waals surface area contributed by atoms with Gasteiger partial charge in [-0.25, -0.2) is 12.7 Å². The molecule has 0 fully saturated rings. The lowest BCUT2D eigenvalue weighted by atomic mass is 10.2. The van der Waals surface area contributed by atoms with E-state index in [4.69, 9.17) is 9.47 Å². The summed E-state index contributed by atoms with van der Waals surface area (Å²) in [6, 6.07) is 5.17. The standard InChI is InChI=1S/C15H22N2O5S/c1-3-7-17(23(2,19)20)8-6-15(18)16-12-4-5-13-14(11-12)22-10-9-21-13/h4-5,11H,3,6-10H2,1-2H3,(H,16,18). The first-order valence-electron chi connectivity index (χ1n) is 7.55. The van der Waals surface area contributed by atoms with Crippen molar-refractivity contribution in [3.8, 4) is 11.5 Å². The molecular formula is C15H22N2O5S. The van der Waals surface area contributed by atoms with Crippen LogP contribution in [0.25, 0.3) is 0 Å². The number of fused-ring (bicyclic) bond motifs is 1. The third-order valence-electron chi connectivity index (χ3n) is 3.36. The summed E-state index contributed by atoms with van der Waals surface area (Å²) in [5, 5.41) is 2.74. The van der Waals surface area contributed by atoms with Gasteiger partial charge in [-0.15, -0.1) is 0 Å². The fourth-order valence-corrected chi connectivity index (χ4v) is 3.20. The Morgan fingerprint density at radius 3 is 2.57 bits per heavy atom. The molecule has 128 valence electrons. The second kappa shape index (κ2) is 7.65. The molecule has 1 heterocycles. The lowest BCUT2D eigenvalue weighted by Crippen LogP contribution is -2.33. The number of nitrogens with zero attached hydrogens (tertiary/aromatic N) is 1. The van der Waals surface area contributed by atoms with E-state index in [2.05, 4.69) is 5.32 Å². The van der Waals surface area contributed by atoms with Gasteiger partial charge >= 0.3 is 0 Å². The van der Waals surface area contributed by atoms with Crippen LogP contribution in [0.15, 0.2) is 18.2 Å². The van der Waals surface area contributed by atoms with Crippen molar-refractivity contribution in [3.05, 3.63) is 18.2 Å². The molecule has 0 unspecified atom stereocenters. The summed E-state index contributed by atoms with van der Waals surface area (Å²) in [4.78, 5) is 12.0. The molecule has 1 aliphatic heterocycles. The Hall–Kier alpha value is -1.80. The number of ether oxygens (including phenoxy) is 2. The molecule has 0 saturated heterocycles. The van der Waals surface area contributed by atoms with Crippen molar-refractivity contribution < 1.29 is 22.7 Å². The van der Waals surface area contributed by atoms with Crippen LogP contribution in [0.5, 0.6) is 11.5 Å². The Bertz CT molecular complexity index is 660. The maximum Gasteiger partial charge on any atom is 0.225 e. The predicted octanol–water partition coefficient (Wildman–Crippen LogP) is 1.46. The smallest absolute Gasteiger partial charge is 0.225 e. The first-order valence-corrected chi connectivity index (χ1v) is 9.39. The second-order valence-electron chi connectivity index (χ2n) is 5.32. The highest BCUT2D eigenvalue weighted by Crippen LogP contribution is 2.32. The van der Waals surface area contributed by atoms with Crippen LogP contribution in [0.3, 0.4) is 0 Å². The van der Waals surface area contributed by atoms with Crippen molar-refractivity contribution in [3.63, 3.8) is 0 Å². The molecule has 0 spiro atoms. The molecule has 8 heteroatoms. The third kappa shape index (κ3) is 5.11. The van der Waals surface area contributed by atoms with Gasteiger partial charge in [0.05, 0.1) is 6.26 Å². The van der Waals surface area contributed by atoms with Gasteiger partial charge in [0.15, 0.2) is 11.5 Å². The van der Waals surface area contributed by atoms with Crippen LogP contribution in [0.4, 0.5) is 5.69 Å². The molecule has 7 nitrogen and oxygen atoms in total. The number of amides is 1. The van der Waals surface area contributed by atoms with Gasteiger partial charge in [-0.2, -0.15) is 0 Å². The van der Waals surface area contributed by atoms with Crippen LogP contribution < -0.4 is 14.8 Å². The maximum atomic E-state index is 12.0. The number of rotatable bonds is 7. The minimum absolute atomic E-state index is 0.0987. The molecular weight excluding hydrogens is 320 g/mol. The van der Waals surface area contributed by atoms with E-state index in [1.807, 2.05) is 6.92 Å². The first kappa shape index (κ1) is 17.6. The van der Waals surface area contributed by atoms with Crippen LogP contribution in [-0.2, 0) is 14.8 Å². The lowest BCUT2D eigenvalue weighted by molar-refractivity contribution is -0.116. The molecule has 0 saturated carbocycles. The number of anilines is 1. The Kier molecular flexibility index (Phi) is 5.84. The average Bonchev–Trinajstić information content (AvgIpc) is 2.50. The van der Waals surface area contributed by atoms with Gasteiger partial charge in [-0.05, 0) is 18.6 Å². The Balaban J connectivity index is 1.91. The molecule has 0 aliphatic carbocycles. The Labute approximate surface area is 136 Å². The molecule has 1 aromatic rings. The molecule has 0 bridgehead atoms. The molecule has 0 radical (unpaired) electrons. The van der Waals surface area contributed by atoms with Crippen molar-refractivity contribution in [1.29, 1.82) is 0 Å². The zero-order valence-corrected chi connectivity index (χ0v) is 14.2. The van der Waals surface area contributed by atoms with Gasteiger partial charge in [0.2, 0.25) is 15.9 Å². The maximum absolute atomic E-state index is 12.0. The van der Waals surface area contributed by atoms with Crippen LogP contribution in [0, 0.1) is 0 Å². The summed E-state index contributed by atoms with van der Waals surface area (Å²) in [5.41, 5.74) is 0.598. The summed E-state index contributed by atoms with van der Waals surface area (Å²) in [7, 11) is -3.29. The zero-order chi connectivity index (χ0) is 16.9. The number of hydrogen-bond donors (Lipinski definition) is 1. The fraction of sp³-hybridized carbons (Fsp3) is 0.533. The van der Waals surface area contributed by atoms with Crippen LogP contribution >= 0.6 is 0 Å². The quantitative estimate of drug-likeness (QED) is 0.811. The Morgan fingerprint density at radius 2 is 1.91 bits per heavy atom. The van der Waals surface area contributed by atoms with Gasteiger partial charge < -0.3 is 14.8 Å². The van der Waals surface area contributed by atoms with Gasteiger partial charge in [0.1, 0.15) is 13.2 Å². The van der Waals surface area contributed by atoms with Crippen molar-refractivity contribution in [1.82, 2.24) is 4.31 Å². The van der Waals surface area contributed by atoms with E-state index in [0.717, 1.165) is 6.26 Å². The fourth-order valence-electron chi connectivity index (χ4n) is 2.26. The van der Waals surface area contributed by atoms with Crippen molar-refractivity contribution >= 4 is 21.6 Å². The van der Waals surface area contributed by atoms with E-state index in [-0.39, 0.29) is 18.9 Å². The minimum atomic E-state index is -3.29. The molecule has 1 aromatic carbocycles. The molecule has 1 amide bonds. The van der Waals surface area contributed by atoms with Crippen molar-refractivity contribution in [2.45, 2.75) is 19.8 Å². The monoisotopic (exact) mass is 342 g/mol. The highest BCUT2D eigenvalue weighted by Gasteiger charge is 2.17. The summed E-state index contributed by atoms with van der Waals surface area (Å²) in [6.07, 6.45) is 1.96. The van der Waals surface area contributed by atoms with E-state index < -0.39 is 10.0 Å². The summed E-state index contributed by atoms with van der Waals surface area (Å²) < 4.78 is 35.4. The van der Waals surface area contributed by atoms with Crippen molar-refractivity contribution in [2.24, 2.45) is 0 Å². The topological polar surface area (TPSA) is 84.9 Å². The minimum Gasteiger partial charge on any atom is -0.486 e. The third-order valence-corrected chi connectivity index (χ3v) is 4.66. The molecule has 0 atom stereocenters. The number of carbonyl (C=O) groups excluding carboxylic acids is 1. The van der Waals surface area contributed by atoms with Crippen LogP contribution in [0.1, 0.15) is 19.8 Å². The van der Waals surface area contributed by atoms with E-state index >= 15 is 0 Å². The molecule has 23 heavy (non-hydrogen) atoms. The molecule has 1 aliphatic rings. The number of benzene rings is 1. The number of sulfonamides is 1. The van der Waals surface area contributed by atoms with Gasteiger partial charge in [-0.1, -0.05) is 6.92 Å². The summed E-state index contributed by atoms with van der Waals surface area (Å²) >= 11 is 0. The van der Waals surface area contributed by atoms with Gasteiger partial charge in [-0.3, -0.25) is 4.79 Å². The molecule has 2 rings (SSSR count). The SMILES string of the molecule is CCCN(CCC(=O)Nc1ccc2c(c1)OCCO2)S(C)(=O)=O. The van der Waals surface area contributed by atoms with Crippen molar-refractivity contribution in [2.75, 3.05) is 37.9 Å². The zero-order valence-electron chi connectivity index (χ0n) is 13.4. The van der Waals surface area contributed by atoms with E-state index in [1.54, 1.807) is 18.2 Å². The van der Waals surface area contributed by atoms with Gasteiger partial charge in [0, 0.05) is 31.3 Å². The lowest BCUT2D eigenvalue weighted by Gasteiger charge is -2.20. The van der Waals surface area contributed by atoms with E-state index in [1.165, 1.54) is 4.31 Å². The largest absolute Gasteiger partial charge is 0.486 e. The first-order chi connectivity index (χ1) is 10.9. The van der Waals surface area contributed by atoms with Gasteiger partial charge in [0.25, 0.3) is 0 Å². The summed E-state index contributed by atoms with van der Waals surface area (Å²) in [6.45, 7) is 3.47. The van der Waals surface area contributed by atoms with E-state index in [0.29, 0.717) is 43.4 Å².